The summed E-state index contributed by atoms with van der Waals surface area (Å²) in [5.74, 6) is 0.0596. The van der Waals surface area contributed by atoms with Crippen molar-refractivity contribution >= 4 is 18.3 Å². The van der Waals surface area contributed by atoms with E-state index in [0.29, 0.717) is 0 Å². The second-order valence-electron chi connectivity index (χ2n) is 4.35. The van der Waals surface area contributed by atoms with Crippen LogP contribution >= 0.6 is 12.4 Å². The van der Waals surface area contributed by atoms with Crippen molar-refractivity contribution in [3.8, 4) is 0 Å². The summed E-state index contributed by atoms with van der Waals surface area (Å²) >= 11 is 0. The molecule has 0 aliphatic carbocycles. The summed E-state index contributed by atoms with van der Waals surface area (Å²) in [6.45, 7) is 4.54. The van der Waals surface area contributed by atoms with E-state index in [4.69, 9.17) is 5.73 Å². The molecule has 0 bridgehead atoms. The summed E-state index contributed by atoms with van der Waals surface area (Å²) < 4.78 is 0. The molecule has 0 radical (unpaired) electrons. The number of halogens is 1. The van der Waals surface area contributed by atoms with E-state index in [9.17, 15) is 4.79 Å². The molecule has 1 aliphatic rings. The minimum Gasteiger partial charge on any atom is -0.339 e. The van der Waals surface area contributed by atoms with Gasteiger partial charge in [0.25, 0.3) is 0 Å². The lowest BCUT2D eigenvalue weighted by Gasteiger charge is -2.34. The van der Waals surface area contributed by atoms with Crippen LogP contribution in [0.25, 0.3) is 0 Å². The third-order valence-electron chi connectivity index (χ3n) is 3.15. The van der Waals surface area contributed by atoms with E-state index in [1.54, 1.807) is 0 Å². The lowest BCUT2D eigenvalue weighted by atomic mass is 10.2. The Labute approximate surface area is 114 Å². The number of piperazine rings is 1. The Morgan fingerprint density at radius 1 is 1.11 bits per heavy atom. The molecule has 1 fully saturated rings. The van der Waals surface area contributed by atoms with E-state index in [0.717, 1.165) is 32.7 Å². The molecule has 0 saturated carbocycles. The Balaban J connectivity index is 0.00000162. The number of rotatable bonds is 3. The topological polar surface area (TPSA) is 49.6 Å². The number of carbonyl (C=O) groups excluding carboxylic acids is 1. The zero-order valence-corrected chi connectivity index (χ0v) is 11.2. The van der Waals surface area contributed by atoms with Gasteiger partial charge in [-0.3, -0.25) is 9.69 Å². The highest BCUT2D eigenvalue weighted by molar-refractivity contribution is 5.85. The third kappa shape index (κ3) is 3.98. The van der Waals surface area contributed by atoms with Crippen LogP contribution in [0, 0.1) is 0 Å². The van der Waals surface area contributed by atoms with E-state index in [2.05, 4.69) is 29.2 Å². The SMILES string of the molecule is Cl.NCC(=O)N1CCN(Cc2ccccc2)CC1. The predicted molar refractivity (Wildman–Crippen MR) is 74.6 cm³/mol. The van der Waals surface area contributed by atoms with Gasteiger partial charge in [-0.2, -0.15) is 0 Å². The Morgan fingerprint density at radius 3 is 2.28 bits per heavy atom. The fourth-order valence-electron chi connectivity index (χ4n) is 2.13. The van der Waals surface area contributed by atoms with Gasteiger partial charge in [0.1, 0.15) is 0 Å². The second-order valence-corrected chi connectivity index (χ2v) is 4.35. The first-order valence-corrected chi connectivity index (χ1v) is 6.03. The summed E-state index contributed by atoms with van der Waals surface area (Å²) in [4.78, 5) is 15.6. The molecule has 0 unspecified atom stereocenters. The maximum Gasteiger partial charge on any atom is 0.236 e. The molecule has 1 aliphatic heterocycles. The quantitative estimate of drug-likeness (QED) is 0.879. The number of nitrogens with zero attached hydrogens (tertiary/aromatic N) is 2. The monoisotopic (exact) mass is 269 g/mol. The number of benzene rings is 1. The highest BCUT2D eigenvalue weighted by atomic mass is 35.5. The maximum atomic E-state index is 11.4. The van der Waals surface area contributed by atoms with Crippen LogP contribution in [-0.4, -0.2) is 48.4 Å². The zero-order valence-electron chi connectivity index (χ0n) is 10.4. The maximum absolute atomic E-state index is 11.4. The van der Waals surface area contributed by atoms with Crippen LogP contribution in [0.3, 0.4) is 0 Å². The van der Waals surface area contributed by atoms with Crippen LogP contribution in [-0.2, 0) is 11.3 Å². The van der Waals surface area contributed by atoms with Crippen molar-refractivity contribution in [1.82, 2.24) is 9.80 Å². The second kappa shape index (κ2) is 7.36. The molecule has 1 saturated heterocycles. The molecular formula is C13H20ClN3O. The summed E-state index contributed by atoms with van der Waals surface area (Å²) in [5, 5.41) is 0. The molecule has 18 heavy (non-hydrogen) atoms. The average Bonchev–Trinajstić information content (AvgIpc) is 2.40. The van der Waals surface area contributed by atoms with Crippen LogP contribution in [0.4, 0.5) is 0 Å². The molecule has 4 nitrogen and oxygen atoms in total. The lowest BCUT2D eigenvalue weighted by Crippen LogP contribution is -2.49. The van der Waals surface area contributed by atoms with Crippen molar-refractivity contribution in [3.63, 3.8) is 0 Å². The van der Waals surface area contributed by atoms with Crippen molar-refractivity contribution in [2.24, 2.45) is 5.73 Å². The predicted octanol–water partition coefficient (Wildman–Crippen LogP) is 0.711. The van der Waals surface area contributed by atoms with E-state index in [1.807, 2.05) is 11.0 Å². The van der Waals surface area contributed by atoms with Gasteiger partial charge in [0.2, 0.25) is 5.91 Å². The van der Waals surface area contributed by atoms with Crippen molar-refractivity contribution in [2.45, 2.75) is 6.54 Å². The smallest absolute Gasteiger partial charge is 0.236 e. The van der Waals surface area contributed by atoms with E-state index < -0.39 is 0 Å². The first-order chi connectivity index (χ1) is 8.29. The molecule has 2 rings (SSSR count). The van der Waals surface area contributed by atoms with Crippen LogP contribution in [0.1, 0.15) is 5.56 Å². The molecule has 0 aromatic heterocycles. The largest absolute Gasteiger partial charge is 0.339 e. The highest BCUT2D eigenvalue weighted by Crippen LogP contribution is 2.08. The molecular weight excluding hydrogens is 250 g/mol. The third-order valence-corrected chi connectivity index (χ3v) is 3.15. The van der Waals surface area contributed by atoms with Crippen LogP contribution in [0.5, 0.6) is 0 Å². The van der Waals surface area contributed by atoms with Gasteiger partial charge in [0.05, 0.1) is 6.54 Å². The Kier molecular flexibility index (Phi) is 6.12. The van der Waals surface area contributed by atoms with E-state index in [-0.39, 0.29) is 24.9 Å². The molecule has 1 aromatic carbocycles. The van der Waals surface area contributed by atoms with Gasteiger partial charge in [-0.1, -0.05) is 30.3 Å². The summed E-state index contributed by atoms with van der Waals surface area (Å²) in [6, 6.07) is 10.4. The Bertz CT molecular complexity index is 364. The van der Waals surface area contributed by atoms with Crippen molar-refractivity contribution in [3.05, 3.63) is 35.9 Å². The summed E-state index contributed by atoms with van der Waals surface area (Å²) in [7, 11) is 0. The van der Waals surface area contributed by atoms with Gasteiger partial charge in [-0.05, 0) is 5.56 Å². The van der Waals surface area contributed by atoms with E-state index in [1.165, 1.54) is 5.56 Å². The zero-order chi connectivity index (χ0) is 12.1. The van der Waals surface area contributed by atoms with E-state index >= 15 is 0 Å². The number of nitrogens with two attached hydrogens (primary N) is 1. The average molecular weight is 270 g/mol. The van der Waals surface area contributed by atoms with Crippen LogP contribution in [0.2, 0.25) is 0 Å². The fourth-order valence-corrected chi connectivity index (χ4v) is 2.13. The number of amides is 1. The molecule has 2 N–H and O–H groups in total. The number of hydrogen-bond acceptors (Lipinski definition) is 3. The first-order valence-electron chi connectivity index (χ1n) is 6.03. The summed E-state index contributed by atoms with van der Waals surface area (Å²) in [6.07, 6.45) is 0. The minimum absolute atomic E-state index is 0. The Morgan fingerprint density at radius 2 is 1.72 bits per heavy atom. The standard InChI is InChI=1S/C13H19N3O.ClH/c14-10-13(17)16-8-6-15(7-9-16)11-12-4-2-1-3-5-12;/h1-5H,6-11,14H2;1H. The molecule has 1 aromatic rings. The Hall–Kier alpha value is -1.10. The molecule has 1 heterocycles. The summed E-state index contributed by atoms with van der Waals surface area (Å²) in [5.41, 5.74) is 6.68. The molecule has 0 atom stereocenters. The van der Waals surface area contributed by atoms with Gasteiger partial charge in [-0.15, -0.1) is 12.4 Å². The molecule has 1 amide bonds. The normalized spacial score (nSPS) is 16.2. The van der Waals surface area contributed by atoms with Gasteiger partial charge >= 0.3 is 0 Å². The van der Waals surface area contributed by atoms with Crippen LogP contribution < -0.4 is 5.73 Å². The molecule has 5 heteroatoms. The molecule has 100 valence electrons. The van der Waals surface area contributed by atoms with Crippen molar-refractivity contribution < 1.29 is 4.79 Å². The minimum atomic E-state index is 0. The number of carbonyl (C=O) groups is 1. The van der Waals surface area contributed by atoms with Gasteiger partial charge in [0, 0.05) is 32.7 Å². The lowest BCUT2D eigenvalue weighted by molar-refractivity contribution is -0.131. The van der Waals surface area contributed by atoms with Gasteiger partial charge in [-0.25, -0.2) is 0 Å². The van der Waals surface area contributed by atoms with Crippen molar-refractivity contribution in [2.75, 3.05) is 32.7 Å². The fraction of sp³-hybridized carbons (Fsp3) is 0.462. The first kappa shape index (κ1) is 15.0. The van der Waals surface area contributed by atoms with Crippen molar-refractivity contribution in [1.29, 1.82) is 0 Å². The van der Waals surface area contributed by atoms with Gasteiger partial charge in [0.15, 0.2) is 0 Å². The number of hydrogen-bond donors (Lipinski definition) is 1. The highest BCUT2D eigenvalue weighted by Gasteiger charge is 2.19. The van der Waals surface area contributed by atoms with Crippen LogP contribution in [0.15, 0.2) is 30.3 Å². The van der Waals surface area contributed by atoms with Gasteiger partial charge < -0.3 is 10.6 Å². The molecule has 0 spiro atoms.